The van der Waals surface area contributed by atoms with Gasteiger partial charge in [-0.1, -0.05) is 52.3 Å². The fourth-order valence-corrected chi connectivity index (χ4v) is 1.99. The van der Waals surface area contributed by atoms with Gasteiger partial charge in [-0.2, -0.15) is 0 Å². The lowest BCUT2D eigenvalue weighted by molar-refractivity contribution is -0.115. The molecule has 1 aliphatic rings. The predicted molar refractivity (Wildman–Crippen MR) is 64.7 cm³/mol. The van der Waals surface area contributed by atoms with E-state index >= 15 is 0 Å². The molecule has 0 fully saturated rings. The molecule has 0 aromatic heterocycles. The number of carbonyl (C=O) groups excluding carboxylic acids is 1. The van der Waals surface area contributed by atoms with Crippen LogP contribution in [0.25, 0.3) is 0 Å². The van der Waals surface area contributed by atoms with E-state index in [1.54, 1.807) is 0 Å². The van der Waals surface area contributed by atoms with Crippen LogP contribution < -0.4 is 0 Å². The van der Waals surface area contributed by atoms with E-state index in [9.17, 15) is 4.79 Å². The van der Waals surface area contributed by atoms with E-state index in [-0.39, 0.29) is 5.41 Å². The zero-order valence-electron chi connectivity index (χ0n) is 10.6. The van der Waals surface area contributed by atoms with Gasteiger partial charge in [0.15, 0.2) is 5.78 Å². The van der Waals surface area contributed by atoms with Gasteiger partial charge in [-0.15, -0.1) is 0 Å². The summed E-state index contributed by atoms with van der Waals surface area (Å²) in [5.41, 5.74) is 2.68. The molecule has 0 spiro atoms. The first-order valence-electron chi connectivity index (χ1n) is 5.80. The van der Waals surface area contributed by atoms with Crippen LogP contribution in [-0.2, 0) is 4.79 Å². The molecule has 0 saturated carbocycles. The van der Waals surface area contributed by atoms with Crippen molar-refractivity contribution in [3.8, 4) is 0 Å². The van der Waals surface area contributed by atoms with Crippen LogP contribution in [-0.4, -0.2) is 5.78 Å². The second-order valence-electron chi connectivity index (χ2n) is 5.45. The normalized spacial score (nSPS) is 22.1. The van der Waals surface area contributed by atoms with Crippen LogP contribution in [0.5, 0.6) is 0 Å². The Labute approximate surface area is 93.3 Å². The molecule has 1 aliphatic carbocycles. The van der Waals surface area contributed by atoms with Gasteiger partial charge >= 0.3 is 0 Å². The van der Waals surface area contributed by atoms with E-state index in [1.165, 1.54) is 5.57 Å². The smallest absolute Gasteiger partial charge is 0.158 e. The molecular weight excluding hydrogens is 184 g/mol. The average molecular weight is 206 g/mol. The Balaban J connectivity index is 2.93. The highest BCUT2D eigenvalue weighted by Crippen LogP contribution is 2.36. The van der Waals surface area contributed by atoms with Gasteiger partial charge in [0.2, 0.25) is 0 Å². The third kappa shape index (κ3) is 2.80. The fraction of sp³-hybridized carbons (Fsp3) is 0.643. The van der Waals surface area contributed by atoms with E-state index in [2.05, 4.69) is 33.8 Å². The third-order valence-corrected chi connectivity index (χ3v) is 3.13. The maximum atomic E-state index is 11.6. The predicted octanol–water partition coefficient (Wildman–Crippen LogP) is 3.90. The summed E-state index contributed by atoms with van der Waals surface area (Å²) >= 11 is 0. The van der Waals surface area contributed by atoms with Gasteiger partial charge in [0.1, 0.15) is 0 Å². The molecule has 0 radical (unpaired) electrons. The summed E-state index contributed by atoms with van der Waals surface area (Å²) in [6.45, 7) is 10.8. The molecule has 1 heteroatoms. The third-order valence-electron chi connectivity index (χ3n) is 3.13. The van der Waals surface area contributed by atoms with Crippen LogP contribution in [0.4, 0.5) is 0 Å². The molecule has 0 aromatic carbocycles. The van der Waals surface area contributed by atoms with E-state index < -0.39 is 0 Å². The lowest BCUT2D eigenvalue weighted by Crippen LogP contribution is -2.19. The Hall–Kier alpha value is -0.850. The molecule has 0 aliphatic heterocycles. The van der Waals surface area contributed by atoms with E-state index in [4.69, 9.17) is 0 Å². The summed E-state index contributed by atoms with van der Waals surface area (Å²) in [5.74, 6) is 0.684. The molecule has 15 heavy (non-hydrogen) atoms. The van der Waals surface area contributed by atoms with Crippen molar-refractivity contribution in [2.24, 2.45) is 11.3 Å². The second kappa shape index (κ2) is 4.34. The van der Waals surface area contributed by atoms with Crippen molar-refractivity contribution in [3.05, 3.63) is 23.3 Å². The molecule has 0 saturated heterocycles. The minimum atomic E-state index is 0.228. The van der Waals surface area contributed by atoms with Gasteiger partial charge in [-0.25, -0.2) is 0 Å². The molecule has 0 bridgehead atoms. The van der Waals surface area contributed by atoms with Crippen molar-refractivity contribution in [1.82, 2.24) is 0 Å². The van der Waals surface area contributed by atoms with Crippen LogP contribution in [0.3, 0.4) is 0 Å². The molecule has 0 unspecified atom stereocenters. The van der Waals surface area contributed by atoms with Gasteiger partial charge in [0.05, 0.1) is 0 Å². The highest BCUT2D eigenvalue weighted by molar-refractivity contribution is 5.96. The number of hydrogen-bond acceptors (Lipinski definition) is 1. The standard InChI is InChI=1S/C14H22O/c1-6-13(15)12-8-7-11(9-10(12)2)14(3,4)5/h7-8,10H,6,9H2,1-5H3/t10-/m1/s1. The van der Waals surface area contributed by atoms with Crippen LogP contribution in [0.2, 0.25) is 0 Å². The summed E-state index contributed by atoms with van der Waals surface area (Å²) in [7, 11) is 0. The second-order valence-corrected chi connectivity index (χ2v) is 5.45. The van der Waals surface area contributed by atoms with Gasteiger partial charge in [-0.3, -0.25) is 4.79 Å². The summed E-state index contributed by atoms with van der Waals surface area (Å²) in [6.07, 6.45) is 5.82. The van der Waals surface area contributed by atoms with Crippen molar-refractivity contribution in [1.29, 1.82) is 0 Å². The molecule has 84 valence electrons. The lowest BCUT2D eigenvalue weighted by atomic mass is 9.76. The van der Waals surface area contributed by atoms with Crippen molar-refractivity contribution in [3.63, 3.8) is 0 Å². The zero-order valence-corrected chi connectivity index (χ0v) is 10.6. The number of allylic oxidation sites excluding steroid dienone is 4. The fourth-order valence-electron chi connectivity index (χ4n) is 1.99. The molecular formula is C14H22O. The summed E-state index contributed by atoms with van der Waals surface area (Å²) < 4.78 is 0. The van der Waals surface area contributed by atoms with Crippen LogP contribution in [0.1, 0.15) is 47.5 Å². The van der Waals surface area contributed by atoms with Gasteiger partial charge in [-0.05, 0) is 23.3 Å². The number of hydrogen-bond donors (Lipinski definition) is 0. The molecule has 0 aromatic rings. The lowest BCUT2D eigenvalue weighted by Gasteiger charge is -2.29. The maximum Gasteiger partial charge on any atom is 0.158 e. The minimum Gasteiger partial charge on any atom is -0.295 e. The van der Waals surface area contributed by atoms with Gasteiger partial charge in [0, 0.05) is 6.42 Å². The zero-order chi connectivity index (χ0) is 11.6. The Morgan fingerprint density at radius 2 is 2.00 bits per heavy atom. The first-order chi connectivity index (χ1) is 6.86. The highest BCUT2D eigenvalue weighted by Gasteiger charge is 2.25. The SMILES string of the molecule is CCC(=O)C1=CC=C(C(C)(C)C)C[C@H]1C. The Kier molecular flexibility index (Phi) is 3.54. The topological polar surface area (TPSA) is 17.1 Å². The van der Waals surface area contributed by atoms with E-state index in [0.717, 1.165) is 12.0 Å². The summed E-state index contributed by atoms with van der Waals surface area (Å²) in [6, 6.07) is 0. The quantitative estimate of drug-likeness (QED) is 0.669. The number of Topliss-reactive ketones (excluding diaryl/α,β-unsaturated/α-hetero) is 1. The Morgan fingerprint density at radius 1 is 1.40 bits per heavy atom. The van der Waals surface area contributed by atoms with Crippen molar-refractivity contribution >= 4 is 5.78 Å². The molecule has 0 N–H and O–H groups in total. The number of ketones is 1. The molecule has 1 rings (SSSR count). The molecule has 0 amide bonds. The number of carbonyl (C=O) groups is 1. The Morgan fingerprint density at radius 3 is 2.40 bits per heavy atom. The monoisotopic (exact) mass is 206 g/mol. The van der Waals surface area contributed by atoms with Crippen molar-refractivity contribution in [2.75, 3.05) is 0 Å². The van der Waals surface area contributed by atoms with Crippen molar-refractivity contribution in [2.45, 2.75) is 47.5 Å². The van der Waals surface area contributed by atoms with Crippen LogP contribution >= 0.6 is 0 Å². The van der Waals surface area contributed by atoms with Gasteiger partial charge < -0.3 is 0 Å². The Bertz CT molecular complexity index is 313. The van der Waals surface area contributed by atoms with E-state index in [0.29, 0.717) is 18.1 Å². The molecule has 1 nitrogen and oxygen atoms in total. The summed E-state index contributed by atoms with van der Waals surface area (Å²) in [4.78, 5) is 11.6. The summed E-state index contributed by atoms with van der Waals surface area (Å²) in [5, 5.41) is 0. The largest absolute Gasteiger partial charge is 0.295 e. The average Bonchev–Trinajstić information content (AvgIpc) is 2.15. The highest BCUT2D eigenvalue weighted by atomic mass is 16.1. The molecule has 1 atom stereocenters. The van der Waals surface area contributed by atoms with Crippen molar-refractivity contribution < 1.29 is 4.79 Å². The van der Waals surface area contributed by atoms with E-state index in [1.807, 2.05) is 13.0 Å². The minimum absolute atomic E-state index is 0.228. The van der Waals surface area contributed by atoms with Crippen LogP contribution in [0, 0.1) is 11.3 Å². The van der Waals surface area contributed by atoms with Gasteiger partial charge in [0.25, 0.3) is 0 Å². The van der Waals surface area contributed by atoms with Crippen LogP contribution in [0.15, 0.2) is 23.3 Å². The first-order valence-corrected chi connectivity index (χ1v) is 5.80. The first kappa shape index (κ1) is 12.2. The number of rotatable bonds is 2. The maximum absolute atomic E-state index is 11.6. The molecule has 0 heterocycles.